The van der Waals surface area contributed by atoms with Crippen LogP contribution < -0.4 is 47.3 Å². The number of rotatable bonds is 14. The number of ether oxygens (including phenoxy) is 4. The quantitative estimate of drug-likeness (QED) is 0.0446. The largest absolute Gasteiger partial charge is 0.573 e. The van der Waals surface area contributed by atoms with Crippen LogP contribution in [-0.2, 0) is 27.1 Å². The van der Waals surface area contributed by atoms with Crippen molar-refractivity contribution in [3.8, 4) is 74.8 Å². The van der Waals surface area contributed by atoms with Gasteiger partial charge in [-0.15, -0.1) is 52.7 Å². The number of hydrogen-bond donors (Lipinski definition) is 4. The van der Waals surface area contributed by atoms with E-state index >= 15 is 0 Å². The van der Waals surface area contributed by atoms with Crippen LogP contribution in [0.3, 0.4) is 0 Å². The molecule has 0 aliphatic carbocycles. The number of pyridine rings is 6. The normalized spacial score (nSPS) is 11.1. The van der Waals surface area contributed by atoms with Gasteiger partial charge >= 0.3 is 31.4 Å². The Balaban J connectivity index is 0.000000205. The molecule has 10 aromatic heterocycles. The summed E-state index contributed by atoms with van der Waals surface area (Å²) < 4.78 is 171. The molecule has 0 unspecified atom stereocenters. The first-order chi connectivity index (χ1) is 45.1. The van der Waals surface area contributed by atoms with Crippen LogP contribution in [0.5, 0.6) is 23.0 Å². The Morgan fingerprint density at radius 3 is 1.39 bits per heavy atom. The maximum Gasteiger partial charge on any atom is 0.573 e. The number of nitrogens with two attached hydrogens (primary N) is 3. The van der Waals surface area contributed by atoms with E-state index in [-0.39, 0.29) is 121 Å². The Kier molecular flexibility index (Phi) is 24.5. The summed E-state index contributed by atoms with van der Waals surface area (Å²) in [6.45, 7) is -0.0910. The van der Waals surface area contributed by atoms with E-state index < -0.39 is 48.7 Å². The Morgan fingerprint density at radius 1 is 0.552 bits per heavy atom. The van der Waals surface area contributed by atoms with E-state index in [0.29, 0.717) is 11.1 Å². The summed E-state index contributed by atoms with van der Waals surface area (Å²) in [5.41, 5.74) is 17.0. The number of carboxylic acids is 1. The van der Waals surface area contributed by atoms with Gasteiger partial charge < -0.3 is 59.2 Å². The number of halogens is 13. The molecule has 10 heterocycles. The molecule has 10 rings (SSSR count). The van der Waals surface area contributed by atoms with Crippen LogP contribution in [0.2, 0.25) is 0 Å². The topological polar surface area (TPSA) is 392 Å². The van der Waals surface area contributed by atoms with Crippen LogP contribution in [0.4, 0.5) is 64.3 Å². The SMILES string of the molecule is Cn1cc(-c2nc(C(=O)CCc3ncccc3OC(F)(F)F)c(N)nc2-c2ncco2)ccc1=O.Cn1cc(-c2nc(C(=O)O)c(N)nc2-c2ncco2)ccc1=O.FC(F)(F)Oc1cccnc1Br.N#Cc1ncccc1OC(F)(F)F.NCc1ncccc1OC(F)(F)F. The molecule has 10 aromatic rings. The fourth-order valence-corrected chi connectivity index (χ4v) is 7.67. The number of aryl methyl sites for hydroxylation is 3. The van der Waals surface area contributed by atoms with Crippen LogP contribution in [0.1, 0.15) is 44.5 Å². The minimum atomic E-state index is -4.90. The van der Waals surface area contributed by atoms with E-state index in [9.17, 15) is 77.0 Å². The van der Waals surface area contributed by atoms with Gasteiger partial charge in [-0.05, 0) is 76.6 Å². The predicted molar refractivity (Wildman–Crippen MR) is 309 cm³/mol. The molecule has 0 saturated carbocycles. The van der Waals surface area contributed by atoms with E-state index in [0.717, 1.165) is 12.1 Å². The van der Waals surface area contributed by atoms with Crippen LogP contribution in [-0.4, -0.2) is 101 Å². The van der Waals surface area contributed by atoms with Crippen molar-refractivity contribution >= 4 is 39.3 Å². The van der Waals surface area contributed by atoms with Crippen LogP contribution in [0.25, 0.3) is 45.7 Å². The number of hydrogen-bond acceptors (Lipinski definition) is 24. The number of nitrogens with zero attached hydrogens (tertiary/aromatic N) is 13. The zero-order valence-electron chi connectivity index (χ0n) is 48.3. The third kappa shape index (κ3) is 21.9. The first kappa shape index (κ1) is 73.2. The highest BCUT2D eigenvalue weighted by Gasteiger charge is 2.35. The van der Waals surface area contributed by atoms with Crippen molar-refractivity contribution in [2.45, 2.75) is 44.8 Å². The molecule has 0 atom stereocenters. The fourth-order valence-electron chi connectivity index (χ4n) is 7.34. The summed E-state index contributed by atoms with van der Waals surface area (Å²) in [6, 6.07) is 16.9. The maximum absolute atomic E-state index is 13.0. The van der Waals surface area contributed by atoms with Gasteiger partial charge in [-0.25, -0.2) is 44.7 Å². The summed E-state index contributed by atoms with van der Waals surface area (Å²) in [7, 11) is 3.11. The lowest BCUT2D eigenvalue weighted by molar-refractivity contribution is -0.276. The Labute approximate surface area is 536 Å². The minimum absolute atomic E-state index is 0.0299. The smallest absolute Gasteiger partial charge is 0.476 e. The lowest BCUT2D eigenvalue weighted by Gasteiger charge is -2.13. The highest BCUT2D eigenvalue weighted by molar-refractivity contribution is 9.10. The zero-order chi connectivity index (χ0) is 70.7. The van der Waals surface area contributed by atoms with Gasteiger partial charge in [-0.1, -0.05) is 0 Å². The van der Waals surface area contributed by atoms with Gasteiger partial charge in [0.05, 0.1) is 23.8 Å². The van der Waals surface area contributed by atoms with Gasteiger partial charge in [0.15, 0.2) is 63.2 Å². The van der Waals surface area contributed by atoms with E-state index in [4.69, 9.17) is 31.3 Å². The van der Waals surface area contributed by atoms with Gasteiger partial charge in [-0.2, -0.15) is 5.26 Å². The number of carboxylic acid groups (broad SMARTS) is 1. The second-order valence-electron chi connectivity index (χ2n) is 18.0. The van der Waals surface area contributed by atoms with E-state index in [2.05, 4.69) is 84.7 Å². The van der Waals surface area contributed by atoms with Gasteiger partial charge in [-0.3, -0.25) is 24.4 Å². The minimum Gasteiger partial charge on any atom is -0.476 e. The molecule has 0 fully saturated rings. The van der Waals surface area contributed by atoms with Crippen molar-refractivity contribution in [3.05, 3.63) is 189 Å². The first-order valence-electron chi connectivity index (χ1n) is 26.0. The third-order valence-electron chi connectivity index (χ3n) is 11.3. The average molecular weight is 1420 g/mol. The van der Waals surface area contributed by atoms with Crippen molar-refractivity contribution in [1.29, 1.82) is 5.26 Å². The van der Waals surface area contributed by atoms with Crippen molar-refractivity contribution in [1.82, 2.24) is 59.0 Å². The Bertz CT molecular complexity index is 4480. The molecule has 0 amide bonds. The van der Waals surface area contributed by atoms with Crippen molar-refractivity contribution in [2.75, 3.05) is 11.5 Å². The molecular weight excluding hydrogens is 1380 g/mol. The molecule has 96 heavy (non-hydrogen) atoms. The van der Waals surface area contributed by atoms with Crippen LogP contribution in [0.15, 0.2) is 158 Å². The van der Waals surface area contributed by atoms with Gasteiger partial charge in [0.1, 0.15) is 40.3 Å². The number of aromatic nitrogens is 12. The molecule has 40 heteroatoms. The number of carbonyl (C=O) groups is 2. The maximum atomic E-state index is 13.0. The molecule has 0 saturated heterocycles. The molecule has 502 valence electrons. The second kappa shape index (κ2) is 32.1. The average Bonchev–Trinajstić information content (AvgIpc) is 1.21. The highest BCUT2D eigenvalue weighted by atomic mass is 79.9. The van der Waals surface area contributed by atoms with Gasteiger partial charge in [0, 0.05) is 93.9 Å². The lowest BCUT2D eigenvalue weighted by Crippen LogP contribution is -2.19. The van der Waals surface area contributed by atoms with Crippen molar-refractivity contribution < 1.29 is 95.2 Å². The van der Waals surface area contributed by atoms with Crippen molar-refractivity contribution in [3.63, 3.8) is 0 Å². The zero-order valence-corrected chi connectivity index (χ0v) is 49.9. The molecule has 0 spiro atoms. The third-order valence-corrected chi connectivity index (χ3v) is 11.9. The monoisotopic (exact) mass is 1420 g/mol. The van der Waals surface area contributed by atoms with Crippen molar-refractivity contribution in [2.24, 2.45) is 19.8 Å². The predicted octanol–water partition coefficient (Wildman–Crippen LogP) is 10.00. The standard InChI is InChI=1S/C22H17F3N6O4.C14H11N5O4.C7H7F3N2O.C7H3F3N2O.C6H3BrF3NO/c1-31-11-12(4-7-16(31)33)17-19(21-28-9-10-34-21)30-20(26)18(29-17)14(32)6-5-13-15(3-2-8-27-13)35-22(23,24)25;1-19-6-7(2-3-8(19)20)9-10(13-16-4-5-23-13)18-12(15)11(17-9)14(21)22;2*8-7(9,10)13-6-2-1-3-12-5(6)4-11;7-5-4(2-1-3-11-5)12-6(8,9)10/h2-4,7-11H,5-6H2,1H3,(H2,26,30);2-6H,1H3,(H2,15,18)(H,21,22);1-3H,4,11H2;1-3H;1-3H. The number of oxazole rings is 2. The number of Topliss-reactive ketones (excluding diaryl/α,β-unsaturated/α-hetero) is 1. The van der Waals surface area contributed by atoms with Crippen LogP contribution in [0, 0.1) is 11.3 Å². The highest BCUT2D eigenvalue weighted by Crippen LogP contribution is 2.34. The van der Waals surface area contributed by atoms with E-state index in [1.54, 1.807) is 14.1 Å². The Morgan fingerprint density at radius 2 is 0.958 bits per heavy atom. The number of ketones is 1. The van der Waals surface area contributed by atoms with E-state index in [1.807, 2.05) is 0 Å². The Hall–Kier alpha value is -11.9. The molecule has 0 bridgehead atoms. The molecule has 7 N–H and O–H groups in total. The molecule has 0 aliphatic rings. The second-order valence-corrected chi connectivity index (χ2v) is 18.7. The lowest BCUT2D eigenvalue weighted by atomic mass is 10.1. The molecular formula is C56H41BrF12N16O11. The summed E-state index contributed by atoms with van der Waals surface area (Å²) >= 11 is 2.81. The summed E-state index contributed by atoms with van der Waals surface area (Å²) in [5, 5.41) is 17.5. The molecule has 0 aliphatic heterocycles. The number of anilines is 2. The van der Waals surface area contributed by atoms with E-state index in [1.165, 1.54) is 138 Å². The fraction of sp³-hybridized carbons (Fsp3) is 0.161. The summed E-state index contributed by atoms with van der Waals surface area (Å²) in [6.07, 6.45) is -5.80. The number of carbonyl (C=O) groups excluding carboxylic acids is 1. The summed E-state index contributed by atoms with van der Waals surface area (Å²) in [4.78, 5) is 86.8. The number of aromatic carboxylic acids is 1. The number of nitrogen functional groups attached to an aromatic ring is 2. The van der Waals surface area contributed by atoms with Gasteiger partial charge in [0.25, 0.3) is 0 Å². The first-order valence-corrected chi connectivity index (χ1v) is 26.7. The summed E-state index contributed by atoms with van der Waals surface area (Å²) in [5.74, 6) is -3.90. The molecule has 27 nitrogen and oxygen atoms in total. The number of nitriles is 1. The molecule has 0 aromatic carbocycles. The van der Waals surface area contributed by atoms with Gasteiger partial charge in [0.2, 0.25) is 22.9 Å². The number of alkyl halides is 12. The molecule has 0 radical (unpaired) electrons. The van der Waals surface area contributed by atoms with Crippen LogP contribution >= 0.6 is 15.9 Å².